The molecule has 3 N–H and O–H groups in total. The van der Waals surface area contributed by atoms with Crippen LogP contribution >= 0.6 is 11.6 Å². The van der Waals surface area contributed by atoms with Crippen LogP contribution in [0.5, 0.6) is 0 Å². The predicted molar refractivity (Wildman–Crippen MR) is 78.9 cm³/mol. The van der Waals surface area contributed by atoms with Crippen LogP contribution in [0, 0.1) is 19.7 Å². The maximum atomic E-state index is 13.1. The highest BCUT2D eigenvalue weighted by Gasteiger charge is 2.28. The van der Waals surface area contributed by atoms with Gasteiger partial charge in [-0.1, -0.05) is 11.6 Å². The first kappa shape index (κ1) is 16.5. The number of hydrogen-bond donors (Lipinski definition) is 2. The summed E-state index contributed by atoms with van der Waals surface area (Å²) in [6.45, 7) is 2.83. The van der Waals surface area contributed by atoms with E-state index in [9.17, 15) is 17.6 Å². The Morgan fingerprint density at radius 3 is 2.50 bits per heavy atom. The number of rotatable bonds is 3. The van der Waals surface area contributed by atoms with Gasteiger partial charge in [-0.15, -0.1) is 0 Å². The minimum atomic E-state index is -4.14. The zero-order valence-corrected chi connectivity index (χ0v) is 13.2. The lowest BCUT2D eigenvalue weighted by Gasteiger charge is -2.07. The minimum Gasteiger partial charge on any atom is -0.464 e. The first-order chi connectivity index (χ1) is 10.1. The van der Waals surface area contributed by atoms with Gasteiger partial charge in [0.2, 0.25) is 10.0 Å². The lowest BCUT2D eigenvalue weighted by atomic mass is 10.2. The summed E-state index contributed by atoms with van der Waals surface area (Å²) >= 11 is 5.62. The van der Waals surface area contributed by atoms with Crippen LogP contribution in [-0.2, 0) is 10.0 Å². The normalized spacial score (nSPS) is 11.5. The van der Waals surface area contributed by atoms with Gasteiger partial charge in [-0.3, -0.25) is 4.79 Å². The van der Waals surface area contributed by atoms with Crippen molar-refractivity contribution in [3.63, 3.8) is 0 Å². The molecule has 0 fully saturated rings. The van der Waals surface area contributed by atoms with Gasteiger partial charge < -0.3 is 9.73 Å². The largest absolute Gasteiger partial charge is 0.464 e. The Kier molecular flexibility index (Phi) is 4.28. The standard InChI is InChI=1S/C13H12ClFN2O4S/c1-6-11(12(7(2)21-6)22(16,19)20)13(18)17-8-3-4-10(15)9(14)5-8/h3-5H,1-2H3,(H,17,18)(H2,16,19,20). The van der Waals surface area contributed by atoms with E-state index in [0.29, 0.717) is 0 Å². The molecule has 0 atom stereocenters. The number of nitrogens with one attached hydrogen (secondary N) is 1. The Hall–Kier alpha value is -1.90. The van der Waals surface area contributed by atoms with Crippen molar-refractivity contribution in [1.82, 2.24) is 0 Å². The summed E-state index contributed by atoms with van der Waals surface area (Å²) in [7, 11) is -4.14. The Labute approximate surface area is 131 Å². The second kappa shape index (κ2) is 5.71. The van der Waals surface area contributed by atoms with E-state index in [2.05, 4.69) is 5.32 Å². The quantitative estimate of drug-likeness (QED) is 0.891. The first-order valence-corrected chi connectivity index (χ1v) is 7.93. The van der Waals surface area contributed by atoms with Crippen LogP contribution in [0.4, 0.5) is 10.1 Å². The summed E-state index contributed by atoms with van der Waals surface area (Å²) in [4.78, 5) is 11.9. The molecule has 1 aromatic heterocycles. The SMILES string of the molecule is Cc1oc(C)c(S(N)(=O)=O)c1C(=O)Nc1ccc(F)c(Cl)c1. The number of nitrogens with two attached hydrogens (primary N) is 1. The first-order valence-electron chi connectivity index (χ1n) is 6.00. The van der Waals surface area contributed by atoms with Crippen molar-refractivity contribution in [2.24, 2.45) is 5.14 Å². The lowest BCUT2D eigenvalue weighted by molar-refractivity contribution is 0.102. The monoisotopic (exact) mass is 346 g/mol. The third-order valence-corrected chi connectivity index (χ3v) is 4.24. The summed E-state index contributed by atoms with van der Waals surface area (Å²) < 4.78 is 41.5. The maximum absolute atomic E-state index is 13.1. The molecule has 0 saturated heterocycles. The number of carbonyl (C=O) groups excluding carboxylic acids is 1. The molecule has 0 spiro atoms. The van der Waals surface area contributed by atoms with E-state index in [1.54, 1.807) is 0 Å². The van der Waals surface area contributed by atoms with Gasteiger partial charge in [-0.2, -0.15) is 0 Å². The lowest BCUT2D eigenvalue weighted by Crippen LogP contribution is -2.20. The average Bonchev–Trinajstić information content (AvgIpc) is 2.68. The molecule has 0 saturated carbocycles. The molecule has 2 aromatic rings. The van der Waals surface area contributed by atoms with Crippen molar-refractivity contribution in [2.75, 3.05) is 5.32 Å². The van der Waals surface area contributed by atoms with Gasteiger partial charge in [0.15, 0.2) is 0 Å². The molecule has 22 heavy (non-hydrogen) atoms. The summed E-state index contributed by atoms with van der Waals surface area (Å²) in [6, 6.07) is 3.57. The summed E-state index contributed by atoms with van der Waals surface area (Å²) in [5.74, 6) is -1.27. The van der Waals surface area contributed by atoms with Crippen molar-refractivity contribution in [3.8, 4) is 0 Å². The van der Waals surface area contributed by atoms with Crippen molar-refractivity contribution < 1.29 is 22.0 Å². The maximum Gasteiger partial charge on any atom is 0.260 e. The van der Waals surface area contributed by atoms with E-state index in [1.807, 2.05) is 0 Å². The Morgan fingerprint density at radius 2 is 1.95 bits per heavy atom. The molecule has 0 aliphatic carbocycles. The third-order valence-electron chi connectivity index (χ3n) is 2.89. The van der Waals surface area contributed by atoms with Gasteiger partial charge in [0.1, 0.15) is 27.8 Å². The number of halogens is 2. The Bertz CT molecular complexity index is 861. The molecule has 9 heteroatoms. The number of benzene rings is 1. The second-order valence-electron chi connectivity index (χ2n) is 4.55. The fraction of sp³-hybridized carbons (Fsp3) is 0.154. The molecule has 1 aromatic carbocycles. The van der Waals surface area contributed by atoms with Gasteiger partial charge in [0.25, 0.3) is 5.91 Å². The number of amides is 1. The number of furan rings is 1. The van der Waals surface area contributed by atoms with Crippen LogP contribution in [0.3, 0.4) is 0 Å². The topological polar surface area (TPSA) is 102 Å². The highest BCUT2D eigenvalue weighted by Crippen LogP contribution is 2.27. The number of sulfonamides is 1. The van der Waals surface area contributed by atoms with Crippen LogP contribution in [0.25, 0.3) is 0 Å². The van der Waals surface area contributed by atoms with Crippen LogP contribution in [0.1, 0.15) is 21.9 Å². The number of aryl methyl sites for hydroxylation is 2. The average molecular weight is 347 g/mol. The molecule has 6 nitrogen and oxygen atoms in total. The molecule has 1 amide bonds. The second-order valence-corrected chi connectivity index (χ2v) is 6.45. The van der Waals surface area contributed by atoms with Gasteiger partial charge >= 0.3 is 0 Å². The zero-order valence-electron chi connectivity index (χ0n) is 11.6. The number of hydrogen-bond acceptors (Lipinski definition) is 4. The van der Waals surface area contributed by atoms with E-state index in [-0.39, 0.29) is 32.7 Å². The third kappa shape index (κ3) is 3.13. The molecular formula is C13H12ClFN2O4S. The molecule has 1 heterocycles. The molecule has 118 valence electrons. The number of primary sulfonamides is 1. The summed E-state index contributed by atoms with van der Waals surface area (Å²) in [5.41, 5.74) is 0.00969. The predicted octanol–water partition coefficient (Wildman–Crippen LogP) is 2.59. The minimum absolute atomic E-state index is 0.0160. The van der Waals surface area contributed by atoms with Gasteiger partial charge in [0.05, 0.1) is 5.02 Å². The smallest absolute Gasteiger partial charge is 0.260 e. The van der Waals surface area contributed by atoms with E-state index < -0.39 is 21.7 Å². The van der Waals surface area contributed by atoms with Gasteiger partial charge in [-0.05, 0) is 32.0 Å². The van der Waals surface area contributed by atoms with Crippen molar-refractivity contribution in [2.45, 2.75) is 18.7 Å². The van der Waals surface area contributed by atoms with E-state index in [1.165, 1.54) is 26.0 Å². The van der Waals surface area contributed by atoms with Crippen LogP contribution < -0.4 is 10.5 Å². The van der Waals surface area contributed by atoms with Crippen molar-refractivity contribution in [1.29, 1.82) is 0 Å². The van der Waals surface area contributed by atoms with E-state index in [4.69, 9.17) is 21.2 Å². The Balaban J connectivity index is 2.44. The van der Waals surface area contributed by atoms with Gasteiger partial charge in [-0.25, -0.2) is 17.9 Å². The van der Waals surface area contributed by atoms with Crippen molar-refractivity contribution in [3.05, 3.63) is 46.1 Å². The zero-order chi connectivity index (χ0) is 16.7. The molecular weight excluding hydrogens is 335 g/mol. The van der Waals surface area contributed by atoms with E-state index >= 15 is 0 Å². The van der Waals surface area contributed by atoms with Crippen LogP contribution in [-0.4, -0.2) is 14.3 Å². The number of anilines is 1. The summed E-state index contributed by atoms with van der Waals surface area (Å²) in [6.07, 6.45) is 0. The summed E-state index contributed by atoms with van der Waals surface area (Å²) in [5, 5.41) is 7.35. The molecule has 0 bridgehead atoms. The van der Waals surface area contributed by atoms with Crippen LogP contribution in [0.2, 0.25) is 5.02 Å². The molecule has 0 aliphatic rings. The Morgan fingerprint density at radius 1 is 1.32 bits per heavy atom. The van der Waals surface area contributed by atoms with E-state index in [0.717, 1.165) is 6.07 Å². The van der Waals surface area contributed by atoms with Crippen LogP contribution in [0.15, 0.2) is 27.5 Å². The molecule has 0 radical (unpaired) electrons. The number of carbonyl (C=O) groups is 1. The molecule has 2 rings (SSSR count). The van der Waals surface area contributed by atoms with Gasteiger partial charge in [0, 0.05) is 5.69 Å². The van der Waals surface area contributed by atoms with Crippen molar-refractivity contribution >= 4 is 33.2 Å². The highest BCUT2D eigenvalue weighted by atomic mass is 35.5. The molecule has 0 aliphatic heterocycles. The highest BCUT2D eigenvalue weighted by molar-refractivity contribution is 7.89. The fourth-order valence-corrected chi connectivity index (χ4v) is 3.18. The molecule has 0 unspecified atom stereocenters. The fourth-order valence-electron chi connectivity index (χ4n) is 2.04.